The number of amides is 1. The Hall–Kier alpha value is -3.22. The Morgan fingerprint density at radius 2 is 1.41 bits per heavy atom. The number of hydrogen-bond donors (Lipinski definition) is 2. The second-order valence-corrected chi connectivity index (χ2v) is 5.66. The van der Waals surface area contributed by atoms with Crippen LogP contribution < -0.4 is 20.1 Å². The highest BCUT2D eigenvalue weighted by Crippen LogP contribution is 2.18. The van der Waals surface area contributed by atoms with Crippen LogP contribution >= 0.6 is 0 Å². The highest BCUT2D eigenvalue weighted by Gasteiger charge is 2.23. The van der Waals surface area contributed by atoms with Crippen LogP contribution in [0.1, 0.15) is 13.3 Å². The van der Waals surface area contributed by atoms with Gasteiger partial charge in [-0.3, -0.25) is 4.79 Å². The zero-order chi connectivity index (χ0) is 19.6. The molecule has 0 aliphatic heterocycles. The number of nitrogens with one attached hydrogen (secondary N) is 2. The molecular weight excluding hydrogens is 348 g/mol. The van der Waals surface area contributed by atoms with E-state index >= 15 is 0 Å². The molecule has 0 saturated heterocycles. The van der Waals surface area contributed by atoms with E-state index in [4.69, 9.17) is 14.2 Å². The summed E-state index contributed by atoms with van der Waals surface area (Å²) in [6.07, 6.45) is -0.0725. The van der Waals surface area contributed by atoms with Crippen LogP contribution in [0.4, 0.5) is 11.4 Å². The van der Waals surface area contributed by atoms with Gasteiger partial charge in [-0.2, -0.15) is 0 Å². The molecule has 144 valence electrons. The minimum absolute atomic E-state index is 0.0725. The van der Waals surface area contributed by atoms with Crippen LogP contribution in [0, 0.1) is 0 Å². The lowest BCUT2D eigenvalue weighted by Gasteiger charge is -2.18. The van der Waals surface area contributed by atoms with E-state index in [9.17, 15) is 9.59 Å². The number of carbonyl (C=O) groups is 2. The molecule has 0 saturated carbocycles. The molecule has 0 aromatic heterocycles. The minimum atomic E-state index is -0.809. The maximum atomic E-state index is 12.4. The number of anilines is 2. The molecule has 0 radical (unpaired) electrons. The molecule has 2 aromatic carbocycles. The summed E-state index contributed by atoms with van der Waals surface area (Å²) in [6, 6.07) is 13.2. The number of benzene rings is 2. The molecule has 1 amide bonds. The number of esters is 1. The van der Waals surface area contributed by atoms with E-state index in [0.29, 0.717) is 22.9 Å². The van der Waals surface area contributed by atoms with Gasteiger partial charge in [-0.05, 0) is 55.5 Å². The summed E-state index contributed by atoms with van der Waals surface area (Å²) < 4.78 is 15.3. The van der Waals surface area contributed by atoms with Crippen molar-refractivity contribution in [3.05, 3.63) is 48.5 Å². The average Bonchev–Trinajstić information content (AvgIpc) is 2.68. The van der Waals surface area contributed by atoms with E-state index in [0.717, 1.165) is 0 Å². The first kappa shape index (κ1) is 20.1. The smallest absolute Gasteiger partial charge is 0.329 e. The molecule has 1 atom stereocenters. The molecule has 1 unspecified atom stereocenters. The lowest BCUT2D eigenvalue weighted by Crippen LogP contribution is -2.35. The van der Waals surface area contributed by atoms with Gasteiger partial charge in [0, 0.05) is 11.4 Å². The van der Waals surface area contributed by atoms with Gasteiger partial charge in [-0.1, -0.05) is 0 Å². The summed E-state index contributed by atoms with van der Waals surface area (Å²) >= 11 is 0. The zero-order valence-corrected chi connectivity index (χ0v) is 15.7. The molecule has 0 aliphatic carbocycles. The molecule has 0 heterocycles. The number of methoxy groups -OCH3 is 2. The summed E-state index contributed by atoms with van der Waals surface area (Å²) in [5.74, 6) is 0.599. The molecule has 27 heavy (non-hydrogen) atoms. The van der Waals surface area contributed by atoms with Gasteiger partial charge in [-0.15, -0.1) is 0 Å². The van der Waals surface area contributed by atoms with Crippen molar-refractivity contribution in [2.24, 2.45) is 0 Å². The van der Waals surface area contributed by atoms with Crippen LogP contribution in [-0.4, -0.2) is 38.7 Å². The van der Waals surface area contributed by atoms with Crippen molar-refractivity contribution in [1.82, 2.24) is 0 Å². The highest BCUT2D eigenvalue weighted by atomic mass is 16.5. The van der Waals surface area contributed by atoms with Gasteiger partial charge in [0.05, 0.1) is 27.2 Å². The van der Waals surface area contributed by atoms with Crippen molar-refractivity contribution in [3.63, 3.8) is 0 Å². The molecule has 2 aromatic rings. The van der Waals surface area contributed by atoms with Gasteiger partial charge in [0.15, 0.2) is 0 Å². The van der Waals surface area contributed by atoms with Gasteiger partial charge in [0.2, 0.25) is 5.91 Å². The van der Waals surface area contributed by atoms with Crippen molar-refractivity contribution in [2.45, 2.75) is 19.4 Å². The maximum Gasteiger partial charge on any atom is 0.329 e. The molecule has 0 spiro atoms. The number of carbonyl (C=O) groups excluding carboxylic acids is 2. The van der Waals surface area contributed by atoms with E-state index in [-0.39, 0.29) is 18.9 Å². The van der Waals surface area contributed by atoms with Gasteiger partial charge < -0.3 is 24.8 Å². The monoisotopic (exact) mass is 372 g/mol. The summed E-state index contributed by atoms with van der Waals surface area (Å²) in [5, 5.41) is 5.80. The van der Waals surface area contributed by atoms with Crippen LogP contribution in [0.3, 0.4) is 0 Å². The standard InChI is InChI=1S/C20H24N2O5/c1-4-27-20(24)18(21-14-5-9-16(25-2)10-6-14)13-19(23)22-15-7-11-17(26-3)12-8-15/h5-12,18,21H,4,13H2,1-3H3,(H,22,23). The predicted molar refractivity (Wildman–Crippen MR) is 103 cm³/mol. The summed E-state index contributed by atoms with van der Waals surface area (Å²) in [7, 11) is 3.15. The lowest BCUT2D eigenvalue weighted by atomic mass is 10.1. The third-order valence-corrected chi connectivity index (χ3v) is 3.77. The maximum absolute atomic E-state index is 12.4. The number of ether oxygens (including phenoxy) is 3. The highest BCUT2D eigenvalue weighted by molar-refractivity contribution is 5.95. The summed E-state index contributed by atoms with van der Waals surface area (Å²) in [5.41, 5.74) is 1.30. The Kier molecular flexibility index (Phi) is 7.49. The third kappa shape index (κ3) is 6.22. The Balaban J connectivity index is 2.03. The van der Waals surface area contributed by atoms with E-state index in [1.54, 1.807) is 69.7 Å². The van der Waals surface area contributed by atoms with Crippen LogP contribution in [0.25, 0.3) is 0 Å². The Morgan fingerprint density at radius 3 is 1.89 bits per heavy atom. The number of rotatable bonds is 9. The Labute approximate surface area is 158 Å². The molecular formula is C20H24N2O5. The minimum Gasteiger partial charge on any atom is -0.497 e. The first-order valence-corrected chi connectivity index (χ1v) is 8.56. The molecule has 0 fully saturated rings. The summed E-state index contributed by atoms with van der Waals surface area (Å²) in [6.45, 7) is 1.96. The van der Waals surface area contributed by atoms with Gasteiger partial charge in [-0.25, -0.2) is 4.79 Å². The largest absolute Gasteiger partial charge is 0.497 e. The molecule has 2 N–H and O–H groups in total. The molecule has 0 aliphatic rings. The quantitative estimate of drug-likeness (QED) is 0.658. The summed E-state index contributed by atoms with van der Waals surface area (Å²) in [4.78, 5) is 24.6. The second kappa shape index (κ2) is 10.1. The van der Waals surface area contributed by atoms with E-state index < -0.39 is 12.0 Å². The van der Waals surface area contributed by atoms with Gasteiger partial charge >= 0.3 is 5.97 Å². The van der Waals surface area contributed by atoms with Gasteiger partial charge in [0.1, 0.15) is 17.5 Å². The van der Waals surface area contributed by atoms with Crippen LogP contribution in [0.15, 0.2) is 48.5 Å². The SMILES string of the molecule is CCOC(=O)C(CC(=O)Nc1ccc(OC)cc1)Nc1ccc(OC)cc1. The van der Waals surface area contributed by atoms with E-state index in [1.807, 2.05) is 0 Å². The zero-order valence-electron chi connectivity index (χ0n) is 15.7. The van der Waals surface area contributed by atoms with Crippen LogP contribution in [0.5, 0.6) is 11.5 Å². The topological polar surface area (TPSA) is 85.9 Å². The van der Waals surface area contributed by atoms with E-state index in [1.165, 1.54) is 0 Å². The fraction of sp³-hybridized carbons (Fsp3) is 0.300. The third-order valence-electron chi connectivity index (χ3n) is 3.77. The molecule has 2 rings (SSSR count). The molecule has 7 nitrogen and oxygen atoms in total. The van der Waals surface area contributed by atoms with Crippen molar-refractivity contribution < 1.29 is 23.8 Å². The Bertz CT molecular complexity index is 744. The molecule has 0 bridgehead atoms. The molecule has 7 heteroatoms. The van der Waals surface area contributed by atoms with Crippen molar-refractivity contribution >= 4 is 23.3 Å². The second-order valence-electron chi connectivity index (χ2n) is 5.66. The van der Waals surface area contributed by atoms with Crippen molar-refractivity contribution in [3.8, 4) is 11.5 Å². The van der Waals surface area contributed by atoms with Crippen molar-refractivity contribution in [2.75, 3.05) is 31.5 Å². The van der Waals surface area contributed by atoms with Crippen LogP contribution in [0.2, 0.25) is 0 Å². The predicted octanol–water partition coefficient (Wildman–Crippen LogP) is 3.08. The number of hydrogen-bond acceptors (Lipinski definition) is 6. The normalized spacial score (nSPS) is 11.2. The van der Waals surface area contributed by atoms with Crippen molar-refractivity contribution in [1.29, 1.82) is 0 Å². The van der Waals surface area contributed by atoms with E-state index in [2.05, 4.69) is 10.6 Å². The first-order chi connectivity index (χ1) is 13.0. The fourth-order valence-corrected chi connectivity index (χ4v) is 2.40. The average molecular weight is 372 g/mol. The fourth-order valence-electron chi connectivity index (χ4n) is 2.40. The lowest BCUT2D eigenvalue weighted by molar-refractivity contribution is -0.145. The Morgan fingerprint density at radius 1 is 0.889 bits per heavy atom. The first-order valence-electron chi connectivity index (χ1n) is 8.56. The van der Waals surface area contributed by atoms with Gasteiger partial charge in [0.25, 0.3) is 0 Å². The van der Waals surface area contributed by atoms with Crippen LogP contribution in [-0.2, 0) is 14.3 Å².